The summed E-state index contributed by atoms with van der Waals surface area (Å²) >= 11 is 0. The molecule has 1 saturated carbocycles. The first-order chi connectivity index (χ1) is 20.2. The van der Waals surface area contributed by atoms with E-state index >= 15 is 0 Å². The molecule has 1 aromatic carbocycles. The number of aryl methyl sites for hydroxylation is 1. The van der Waals surface area contributed by atoms with E-state index in [1.807, 2.05) is 17.9 Å². The molecule has 224 valence electrons. The minimum absolute atomic E-state index is 0.0648. The molecule has 2 aromatic heterocycles. The number of hydrogen-bond acceptors (Lipinski definition) is 8. The summed E-state index contributed by atoms with van der Waals surface area (Å²) in [5.41, 5.74) is 2.53. The Labute approximate surface area is 247 Å². The van der Waals surface area contributed by atoms with Crippen LogP contribution in [0.15, 0.2) is 50.9 Å². The van der Waals surface area contributed by atoms with Crippen LogP contribution in [-0.2, 0) is 32.7 Å². The van der Waals surface area contributed by atoms with Gasteiger partial charge < -0.3 is 9.26 Å². The number of amides is 1. The summed E-state index contributed by atoms with van der Waals surface area (Å²) in [5, 5.41) is 3.86. The van der Waals surface area contributed by atoms with Gasteiger partial charge in [-0.25, -0.2) is 8.42 Å². The molecule has 1 N–H and O–H groups in total. The van der Waals surface area contributed by atoms with Gasteiger partial charge in [-0.15, -0.1) is 0 Å². The van der Waals surface area contributed by atoms with Crippen molar-refractivity contribution in [2.75, 3.05) is 11.3 Å². The normalized spacial score (nSPS) is 16.4. The predicted octanol–water partition coefficient (Wildman–Crippen LogP) is 5.93. The second kappa shape index (κ2) is 12.3. The fourth-order valence-corrected chi connectivity index (χ4v) is 6.95. The highest BCUT2D eigenvalue weighted by Gasteiger charge is 2.49. The van der Waals surface area contributed by atoms with Crippen molar-refractivity contribution in [1.82, 2.24) is 15.0 Å². The first kappa shape index (κ1) is 29.9. The van der Waals surface area contributed by atoms with E-state index in [1.54, 1.807) is 44.3 Å². The number of amidine groups is 1. The van der Waals surface area contributed by atoms with Gasteiger partial charge in [0.05, 0.1) is 23.7 Å². The number of rotatable bonds is 12. The van der Waals surface area contributed by atoms with Crippen LogP contribution < -0.4 is 4.72 Å². The first-order valence-electron chi connectivity index (χ1n) is 14.7. The largest absolute Gasteiger partial charge is 0.377 e. The molecule has 3 heterocycles. The summed E-state index contributed by atoms with van der Waals surface area (Å²) in [5.74, 6) is 1.63. The lowest BCUT2D eigenvalue weighted by molar-refractivity contribution is -0.131. The molecule has 1 amide bonds. The number of carbonyl (C=O) groups is 1. The number of aliphatic imine (C=N–C) groups is 1. The van der Waals surface area contributed by atoms with Gasteiger partial charge in [-0.1, -0.05) is 49.5 Å². The maximum absolute atomic E-state index is 13.7. The average molecular weight is 594 g/mol. The molecule has 0 atom stereocenters. The zero-order chi connectivity index (χ0) is 29.9. The maximum atomic E-state index is 13.7. The van der Waals surface area contributed by atoms with E-state index in [-0.39, 0.29) is 23.2 Å². The van der Waals surface area contributed by atoms with Gasteiger partial charge in [0.2, 0.25) is 0 Å². The number of hydrogen-bond donors (Lipinski definition) is 1. The van der Waals surface area contributed by atoms with E-state index < -0.39 is 15.6 Å². The van der Waals surface area contributed by atoms with Crippen molar-refractivity contribution in [3.63, 3.8) is 0 Å². The van der Waals surface area contributed by atoms with Gasteiger partial charge in [0, 0.05) is 35.9 Å². The van der Waals surface area contributed by atoms with Crippen molar-refractivity contribution in [3.8, 4) is 11.3 Å². The Balaban J connectivity index is 1.49. The summed E-state index contributed by atoms with van der Waals surface area (Å²) in [6, 6.07) is 8.69. The third-order valence-electron chi connectivity index (χ3n) is 8.13. The Morgan fingerprint density at radius 3 is 2.60 bits per heavy atom. The summed E-state index contributed by atoms with van der Waals surface area (Å²) < 4.78 is 40.6. The van der Waals surface area contributed by atoms with E-state index in [0.717, 1.165) is 61.9 Å². The van der Waals surface area contributed by atoms with Crippen LogP contribution in [0.1, 0.15) is 81.2 Å². The second-order valence-corrected chi connectivity index (χ2v) is 12.7. The minimum atomic E-state index is -4.03. The number of nitrogens with zero attached hydrogens (tertiary/aromatic N) is 4. The van der Waals surface area contributed by atoms with Crippen molar-refractivity contribution in [2.24, 2.45) is 4.99 Å². The van der Waals surface area contributed by atoms with Gasteiger partial charge in [0.25, 0.3) is 15.9 Å². The molecule has 1 aliphatic heterocycles. The van der Waals surface area contributed by atoms with Crippen molar-refractivity contribution in [2.45, 2.75) is 96.2 Å². The van der Waals surface area contributed by atoms with E-state index in [4.69, 9.17) is 19.2 Å². The van der Waals surface area contributed by atoms with Crippen molar-refractivity contribution in [1.29, 1.82) is 0 Å². The second-order valence-electron chi connectivity index (χ2n) is 11.1. The number of anilines is 1. The van der Waals surface area contributed by atoms with Crippen molar-refractivity contribution < 1.29 is 22.5 Å². The highest BCUT2D eigenvalue weighted by Crippen LogP contribution is 2.40. The summed E-state index contributed by atoms with van der Waals surface area (Å²) in [7, 11) is -4.03. The van der Waals surface area contributed by atoms with Gasteiger partial charge in [-0.3, -0.25) is 24.4 Å². The van der Waals surface area contributed by atoms with Crippen LogP contribution in [0.3, 0.4) is 0 Å². The molecule has 42 heavy (non-hydrogen) atoms. The van der Waals surface area contributed by atoms with E-state index in [2.05, 4.69) is 16.8 Å². The molecule has 11 heteroatoms. The predicted molar refractivity (Wildman–Crippen MR) is 160 cm³/mol. The number of sulfonamides is 1. The lowest BCUT2D eigenvalue weighted by Crippen LogP contribution is -2.40. The zero-order valence-corrected chi connectivity index (χ0v) is 25.6. The molecule has 3 aromatic rings. The van der Waals surface area contributed by atoms with Gasteiger partial charge in [0.1, 0.15) is 17.1 Å². The SMILES string of the molecule is CCCCC1=NC2(CCCC2)C(=O)N1Cc1cnc(-c2ccccc2S(=O)(=O)Nc2noc(C)c2C)c(COCC)c1. The van der Waals surface area contributed by atoms with Gasteiger partial charge in [0.15, 0.2) is 5.82 Å². The van der Waals surface area contributed by atoms with Crippen LogP contribution in [0.5, 0.6) is 0 Å². The molecular formula is C31H39N5O5S. The number of aromatic nitrogens is 2. The molecule has 2 aliphatic rings. The Morgan fingerprint density at radius 1 is 1.14 bits per heavy atom. The molecule has 1 aliphatic carbocycles. The van der Waals surface area contributed by atoms with Crippen LogP contribution >= 0.6 is 0 Å². The van der Waals surface area contributed by atoms with Crippen molar-refractivity contribution >= 4 is 27.6 Å². The fraction of sp³-hybridized carbons (Fsp3) is 0.484. The molecule has 0 radical (unpaired) electrons. The van der Waals surface area contributed by atoms with Crippen LogP contribution in [-0.4, -0.2) is 47.3 Å². The highest BCUT2D eigenvalue weighted by molar-refractivity contribution is 7.92. The smallest absolute Gasteiger partial charge is 0.263 e. The number of benzene rings is 1. The van der Waals surface area contributed by atoms with Crippen molar-refractivity contribution in [3.05, 3.63) is 59.0 Å². The summed E-state index contributed by atoms with van der Waals surface area (Å²) in [6.07, 6.45) is 8.13. The average Bonchev–Trinajstić information content (AvgIpc) is 3.66. The van der Waals surface area contributed by atoms with Crippen LogP contribution in [0.25, 0.3) is 11.3 Å². The number of nitrogens with one attached hydrogen (secondary N) is 1. The molecule has 5 rings (SSSR count). The molecule has 1 fully saturated rings. The van der Waals surface area contributed by atoms with E-state index in [9.17, 15) is 13.2 Å². The Kier molecular flexibility index (Phi) is 8.79. The van der Waals surface area contributed by atoms with Gasteiger partial charge >= 0.3 is 0 Å². The standard InChI is InChI=1S/C31H39N5O5S/c1-5-7-14-27-33-31(15-10-11-16-31)30(37)36(27)19-23-17-24(20-40-6-2)28(32-18-23)25-12-8-9-13-26(25)42(38,39)35-29-21(3)22(4)41-34-29/h8-9,12-13,17-18H,5-7,10-11,14-16,19-20H2,1-4H3,(H,34,35). The fourth-order valence-electron chi connectivity index (χ4n) is 5.68. The molecule has 0 saturated heterocycles. The number of carbonyl (C=O) groups excluding carboxylic acids is 1. The number of unbranched alkanes of at least 4 members (excludes halogenated alkanes) is 1. The van der Waals surface area contributed by atoms with Crippen LogP contribution in [0, 0.1) is 13.8 Å². The van der Waals surface area contributed by atoms with Crippen LogP contribution in [0.4, 0.5) is 5.82 Å². The Morgan fingerprint density at radius 2 is 1.90 bits per heavy atom. The highest BCUT2D eigenvalue weighted by atomic mass is 32.2. The molecule has 0 unspecified atom stereocenters. The molecular weight excluding hydrogens is 554 g/mol. The Bertz CT molecular complexity index is 1590. The summed E-state index contributed by atoms with van der Waals surface area (Å²) in [4.78, 5) is 25.3. The third-order valence-corrected chi connectivity index (χ3v) is 9.53. The topological polar surface area (TPSA) is 127 Å². The molecule has 1 spiro atoms. The molecule has 0 bridgehead atoms. The first-order valence-corrected chi connectivity index (χ1v) is 16.2. The van der Waals surface area contributed by atoms with E-state index in [0.29, 0.717) is 35.7 Å². The van der Waals surface area contributed by atoms with Gasteiger partial charge in [-0.2, -0.15) is 0 Å². The van der Waals surface area contributed by atoms with Crippen LogP contribution in [0.2, 0.25) is 0 Å². The lowest BCUT2D eigenvalue weighted by atomic mass is 9.98. The minimum Gasteiger partial charge on any atom is -0.377 e. The maximum Gasteiger partial charge on any atom is 0.263 e. The number of ether oxygens (including phenoxy) is 1. The molecule has 10 nitrogen and oxygen atoms in total. The van der Waals surface area contributed by atoms with E-state index in [1.165, 1.54) is 0 Å². The lowest BCUT2D eigenvalue weighted by Gasteiger charge is -2.23. The Hall–Kier alpha value is -3.57. The zero-order valence-electron chi connectivity index (χ0n) is 24.8. The monoisotopic (exact) mass is 593 g/mol. The third kappa shape index (κ3) is 5.85. The number of pyridine rings is 1. The quantitative estimate of drug-likeness (QED) is 0.276. The van der Waals surface area contributed by atoms with Gasteiger partial charge in [-0.05, 0) is 57.7 Å². The summed E-state index contributed by atoms with van der Waals surface area (Å²) in [6.45, 7) is 8.60.